The van der Waals surface area contributed by atoms with Crippen molar-refractivity contribution in [3.8, 4) is 11.5 Å². The molecule has 1 aliphatic rings. The topological polar surface area (TPSA) is 79.1 Å². The Morgan fingerprint density at radius 2 is 1.86 bits per heavy atom. The standard InChI is InChI=1S/C33H31FN2O5S/c1-5-39-32(38)29-21(4)35-33-36(30(29)26-11-6-7-12-27(26)41-20(2)3)31(37)28(42-33)18-22-13-15-25(16-14-22)40-19-23-9-8-10-24(34)17-23/h6-18,20,30H,5,19H2,1-4H3/b28-18+/t30-/m0/s1. The normalized spacial score (nSPS) is 14.9. The first kappa shape index (κ1) is 29.0. The summed E-state index contributed by atoms with van der Waals surface area (Å²) in [7, 11) is 0. The summed E-state index contributed by atoms with van der Waals surface area (Å²) in [6.45, 7) is 7.77. The number of para-hydroxylation sites is 1. The third-order valence-corrected chi connectivity index (χ3v) is 7.55. The smallest absolute Gasteiger partial charge is 0.338 e. The SMILES string of the molecule is CCOC(=O)C1=C(C)N=c2s/c(=C/c3ccc(OCc4cccc(F)c4)cc3)c(=O)n2[C@H]1c1ccccc1OC(C)C. The number of fused-ring (bicyclic) bond motifs is 1. The zero-order valence-electron chi connectivity index (χ0n) is 23.8. The molecule has 42 heavy (non-hydrogen) atoms. The van der Waals surface area contributed by atoms with Crippen LogP contribution in [0.15, 0.2) is 93.9 Å². The number of nitrogens with zero attached hydrogens (tertiary/aromatic N) is 2. The van der Waals surface area contributed by atoms with E-state index in [4.69, 9.17) is 14.2 Å². The Labute approximate surface area is 246 Å². The van der Waals surface area contributed by atoms with Crippen LogP contribution in [0.3, 0.4) is 0 Å². The van der Waals surface area contributed by atoms with Gasteiger partial charge in [0.15, 0.2) is 4.80 Å². The summed E-state index contributed by atoms with van der Waals surface area (Å²) >= 11 is 1.25. The number of halogens is 1. The molecule has 2 heterocycles. The monoisotopic (exact) mass is 586 g/mol. The highest BCUT2D eigenvalue weighted by molar-refractivity contribution is 7.07. The molecule has 9 heteroatoms. The predicted molar refractivity (Wildman–Crippen MR) is 160 cm³/mol. The van der Waals surface area contributed by atoms with Crippen LogP contribution in [0, 0.1) is 5.82 Å². The van der Waals surface area contributed by atoms with Crippen LogP contribution in [0.25, 0.3) is 6.08 Å². The Morgan fingerprint density at radius 1 is 1.10 bits per heavy atom. The molecule has 0 spiro atoms. The first-order chi connectivity index (χ1) is 20.2. The maximum atomic E-state index is 13.9. The Morgan fingerprint density at radius 3 is 2.57 bits per heavy atom. The van der Waals surface area contributed by atoms with Crippen molar-refractivity contribution >= 4 is 23.4 Å². The lowest BCUT2D eigenvalue weighted by Gasteiger charge is -2.26. The average Bonchev–Trinajstić information content (AvgIpc) is 3.26. The third-order valence-electron chi connectivity index (χ3n) is 6.57. The molecule has 7 nitrogen and oxygen atoms in total. The predicted octanol–water partition coefficient (Wildman–Crippen LogP) is 5.30. The zero-order valence-corrected chi connectivity index (χ0v) is 24.6. The van der Waals surface area contributed by atoms with Gasteiger partial charge in [0.25, 0.3) is 5.56 Å². The molecule has 0 N–H and O–H groups in total. The van der Waals surface area contributed by atoms with Crippen molar-refractivity contribution in [3.63, 3.8) is 0 Å². The number of esters is 1. The van der Waals surface area contributed by atoms with Crippen molar-refractivity contribution in [3.05, 3.63) is 126 Å². The maximum absolute atomic E-state index is 13.9. The van der Waals surface area contributed by atoms with Crippen LogP contribution >= 0.6 is 11.3 Å². The van der Waals surface area contributed by atoms with Gasteiger partial charge in [0.2, 0.25) is 0 Å². The van der Waals surface area contributed by atoms with Crippen molar-refractivity contribution in [1.29, 1.82) is 0 Å². The summed E-state index contributed by atoms with van der Waals surface area (Å²) < 4.78 is 32.7. The van der Waals surface area contributed by atoms with Gasteiger partial charge in [0, 0.05) is 5.56 Å². The molecule has 1 aromatic heterocycles. The number of allylic oxidation sites excluding steroid dienone is 1. The fourth-order valence-corrected chi connectivity index (χ4v) is 5.81. The van der Waals surface area contributed by atoms with Gasteiger partial charge in [-0.3, -0.25) is 9.36 Å². The molecular formula is C33H31FN2O5S. The van der Waals surface area contributed by atoms with E-state index < -0.39 is 12.0 Å². The van der Waals surface area contributed by atoms with E-state index in [1.807, 2.05) is 50.2 Å². The number of aromatic nitrogens is 1. The van der Waals surface area contributed by atoms with E-state index in [2.05, 4.69) is 4.99 Å². The Kier molecular flexibility index (Phi) is 8.68. The molecule has 0 bridgehead atoms. The van der Waals surface area contributed by atoms with Gasteiger partial charge in [0.1, 0.15) is 30.0 Å². The summed E-state index contributed by atoms with van der Waals surface area (Å²) in [6.07, 6.45) is 1.68. The van der Waals surface area contributed by atoms with E-state index in [1.54, 1.807) is 48.8 Å². The summed E-state index contributed by atoms with van der Waals surface area (Å²) in [6, 6.07) is 20.2. The second-order valence-corrected chi connectivity index (χ2v) is 11.0. The van der Waals surface area contributed by atoms with Gasteiger partial charge in [0.05, 0.1) is 28.5 Å². The first-order valence-corrected chi connectivity index (χ1v) is 14.5. The second kappa shape index (κ2) is 12.6. The molecule has 1 aliphatic heterocycles. The molecule has 216 valence electrons. The van der Waals surface area contributed by atoms with Gasteiger partial charge in [-0.25, -0.2) is 14.2 Å². The lowest BCUT2D eigenvalue weighted by Crippen LogP contribution is -2.40. The van der Waals surface area contributed by atoms with E-state index in [1.165, 1.54) is 23.5 Å². The van der Waals surface area contributed by atoms with Gasteiger partial charge in [-0.05, 0) is 75.2 Å². The molecule has 0 aliphatic carbocycles. The second-order valence-electron chi connectivity index (χ2n) is 9.99. The van der Waals surface area contributed by atoms with Crippen LogP contribution in [-0.2, 0) is 16.1 Å². The number of carbonyl (C=O) groups is 1. The molecule has 0 fully saturated rings. The highest BCUT2D eigenvalue weighted by Gasteiger charge is 2.35. The van der Waals surface area contributed by atoms with Crippen LogP contribution in [0.4, 0.5) is 4.39 Å². The Bertz CT molecular complexity index is 1820. The van der Waals surface area contributed by atoms with Gasteiger partial charge < -0.3 is 14.2 Å². The number of carbonyl (C=O) groups excluding carboxylic acids is 1. The summed E-state index contributed by atoms with van der Waals surface area (Å²) in [5.41, 5.74) is 2.72. The van der Waals surface area contributed by atoms with E-state index in [0.29, 0.717) is 37.7 Å². The lowest BCUT2D eigenvalue weighted by atomic mass is 9.95. The van der Waals surface area contributed by atoms with Crippen LogP contribution in [-0.4, -0.2) is 23.2 Å². The highest BCUT2D eigenvalue weighted by Crippen LogP contribution is 2.36. The molecule has 3 aromatic carbocycles. The average molecular weight is 587 g/mol. The fourth-order valence-electron chi connectivity index (χ4n) is 4.76. The van der Waals surface area contributed by atoms with Gasteiger partial charge in [-0.2, -0.15) is 0 Å². The van der Waals surface area contributed by atoms with Crippen LogP contribution in [0.1, 0.15) is 50.4 Å². The van der Waals surface area contributed by atoms with Crippen LogP contribution < -0.4 is 24.4 Å². The van der Waals surface area contributed by atoms with E-state index in [9.17, 15) is 14.0 Å². The summed E-state index contributed by atoms with van der Waals surface area (Å²) in [5.74, 6) is 0.369. The van der Waals surface area contributed by atoms with Gasteiger partial charge >= 0.3 is 5.97 Å². The Hall–Kier alpha value is -4.50. The minimum Gasteiger partial charge on any atom is -0.491 e. The number of hydrogen-bond acceptors (Lipinski definition) is 7. The van der Waals surface area contributed by atoms with Crippen LogP contribution in [0.5, 0.6) is 11.5 Å². The minimum atomic E-state index is -0.768. The van der Waals surface area contributed by atoms with Gasteiger partial charge in [-0.15, -0.1) is 0 Å². The molecular weight excluding hydrogens is 555 g/mol. The van der Waals surface area contributed by atoms with Gasteiger partial charge in [-0.1, -0.05) is 53.8 Å². The molecule has 0 amide bonds. The van der Waals surface area contributed by atoms with E-state index >= 15 is 0 Å². The fraction of sp³-hybridized carbons (Fsp3) is 0.242. The highest BCUT2D eigenvalue weighted by atomic mass is 32.1. The lowest BCUT2D eigenvalue weighted by molar-refractivity contribution is -0.139. The van der Waals surface area contributed by atoms with E-state index in [0.717, 1.165) is 11.1 Å². The minimum absolute atomic E-state index is 0.112. The quantitative estimate of drug-likeness (QED) is 0.249. The molecule has 5 rings (SSSR count). The van der Waals surface area contributed by atoms with Crippen molar-refractivity contribution in [2.45, 2.75) is 46.4 Å². The largest absolute Gasteiger partial charge is 0.491 e. The molecule has 0 radical (unpaired) electrons. The maximum Gasteiger partial charge on any atom is 0.338 e. The van der Waals surface area contributed by atoms with Crippen molar-refractivity contribution in [1.82, 2.24) is 4.57 Å². The molecule has 4 aromatic rings. The zero-order chi connectivity index (χ0) is 29.8. The molecule has 0 unspecified atom stereocenters. The Balaban J connectivity index is 1.53. The molecule has 0 saturated heterocycles. The first-order valence-electron chi connectivity index (χ1n) is 13.7. The number of thiazole rings is 1. The number of hydrogen-bond donors (Lipinski definition) is 0. The molecule has 1 atom stereocenters. The number of benzene rings is 3. The van der Waals surface area contributed by atoms with Crippen molar-refractivity contribution in [2.24, 2.45) is 4.99 Å². The number of rotatable bonds is 9. The summed E-state index contributed by atoms with van der Waals surface area (Å²) in [5, 5.41) is 0. The summed E-state index contributed by atoms with van der Waals surface area (Å²) in [4.78, 5) is 32.3. The third kappa shape index (κ3) is 6.21. The van der Waals surface area contributed by atoms with Crippen molar-refractivity contribution in [2.75, 3.05) is 6.61 Å². The van der Waals surface area contributed by atoms with E-state index in [-0.39, 0.29) is 30.7 Å². The van der Waals surface area contributed by atoms with Crippen LogP contribution in [0.2, 0.25) is 0 Å². The number of ether oxygens (including phenoxy) is 3. The molecule has 0 saturated carbocycles. The van der Waals surface area contributed by atoms with Crippen molar-refractivity contribution < 1.29 is 23.4 Å².